The highest BCUT2D eigenvalue weighted by atomic mass is 35.5. The van der Waals surface area contributed by atoms with E-state index in [1.54, 1.807) is 43.5 Å². The van der Waals surface area contributed by atoms with Crippen LogP contribution >= 0.6 is 11.6 Å². The molecule has 0 aliphatic carbocycles. The predicted octanol–water partition coefficient (Wildman–Crippen LogP) is 3.95. The first-order valence-electron chi connectivity index (χ1n) is 9.65. The van der Waals surface area contributed by atoms with Gasteiger partial charge in [0.05, 0.1) is 5.02 Å². The van der Waals surface area contributed by atoms with Gasteiger partial charge < -0.3 is 0 Å². The van der Waals surface area contributed by atoms with Crippen molar-refractivity contribution in [3.8, 4) is 11.5 Å². The lowest BCUT2D eigenvalue weighted by molar-refractivity contribution is 0.102. The number of nitrogens with one attached hydrogen (secondary N) is 2. The number of carbonyl (C=O) groups excluding carboxylic acids is 1. The van der Waals surface area contributed by atoms with Gasteiger partial charge in [0.1, 0.15) is 16.4 Å². The van der Waals surface area contributed by atoms with Crippen molar-refractivity contribution in [2.24, 2.45) is 0 Å². The number of hydrogen-bond donors (Lipinski definition) is 2. The Kier molecular flexibility index (Phi) is 6.29. The third kappa shape index (κ3) is 5.30. The van der Waals surface area contributed by atoms with Crippen LogP contribution in [-0.2, 0) is 10.0 Å². The molecule has 0 saturated carbocycles. The molecule has 0 fully saturated rings. The zero-order valence-electron chi connectivity index (χ0n) is 17.2. The summed E-state index contributed by atoms with van der Waals surface area (Å²) in [4.78, 5) is 29.5. The fraction of sp³-hybridized carbons (Fsp3) is 0.0455. The minimum atomic E-state index is -3.88. The topological polar surface area (TPSA) is 127 Å². The molecule has 2 aromatic carbocycles. The Hall–Kier alpha value is -3.89. The quantitative estimate of drug-likeness (QED) is 0.427. The molecule has 11 heteroatoms. The maximum Gasteiger partial charge on any atom is 0.263 e. The van der Waals surface area contributed by atoms with Crippen LogP contribution in [0.3, 0.4) is 0 Å². The number of aromatic nitrogens is 4. The third-order valence-electron chi connectivity index (χ3n) is 4.39. The Labute approximate surface area is 195 Å². The van der Waals surface area contributed by atoms with Gasteiger partial charge in [-0.2, -0.15) is 9.97 Å². The Morgan fingerprint density at radius 3 is 2.33 bits per heavy atom. The monoisotopic (exact) mass is 480 g/mol. The number of aryl methyl sites for hydroxylation is 1. The molecule has 0 spiro atoms. The summed E-state index contributed by atoms with van der Waals surface area (Å²) >= 11 is 5.99. The minimum absolute atomic E-state index is 0.0394. The second kappa shape index (κ2) is 9.31. The maximum absolute atomic E-state index is 12.7. The van der Waals surface area contributed by atoms with Crippen molar-refractivity contribution in [3.63, 3.8) is 0 Å². The Balaban J connectivity index is 1.49. The lowest BCUT2D eigenvalue weighted by Crippen LogP contribution is -2.16. The van der Waals surface area contributed by atoms with Crippen molar-refractivity contribution in [2.75, 3.05) is 10.0 Å². The molecule has 0 aliphatic rings. The summed E-state index contributed by atoms with van der Waals surface area (Å²) in [6.07, 6.45) is 1.62. The highest BCUT2D eigenvalue weighted by molar-refractivity contribution is 7.92. The van der Waals surface area contributed by atoms with Crippen LogP contribution in [0.1, 0.15) is 16.2 Å². The van der Waals surface area contributed by atoms with Crippen LogP contribution in [0.15, 0.2) is 77.8 Å². The van der Waals surface area contributed by atoms with Gasteiger partial charge in [0, 0.05) is 17.4 Å². The van der Waals surface area contributed by atoms with Crippen LogP contribution in [0.4, 0.5) is 11.6 Å². The first-order chi connectivity index (χ1) is 15.8. The van der Waals surface area contributed by atoms with Crippen LogP contribution in [-0.4, -0.2) is 34.3 Å². The van der Waals surface area contributed by atoms with E-state index in [1.165, 1.54) is 36.4 Å². The molecule has 2 heterocycles. The SMILES string of the molecule is Cc1nc(NC(=O)c2ccc(NS(=O)(=O)c3ccccc3Cl)cc2)nc(-c2ccccn2)n1. The van der Waals surface area contributed by atoms with E-state index in [9.17, 15) is 13.2 Å². The second-order valence-electron chi connectivity index (χ2n) is 6.81. The van der Waals surface area contributed by atoms with Crippen molar-refractivity contribution in [3.05, 3.63) is 89.3 Å². The lowest BCUT2D eigenvalue weighted by atomic mass is 10.2. The molecular weight excluding hydrogens is 464 g/mol. The number of anilines is 2. The summed E-state index contributed by atoms with van der Waals surface area (Å²) in [7, 11) is -3.88. The zero-order chi connectivity index (χ0) is 23.4. The van der Waals surface area contributed by atoms with Gasteiger partial charge in [-0.05, 0) is 55.5 Å². The first-order valence-corrected chi connectivity index (χ1v) is 11.5. The molecule has 0 aliphatic heterocycles. The van der Waals surface area contributed by atoms with Crippen LogP contribution in [0.2, 0.25) is 5.02 Å². The van der Waals surface area contributed by atoms with Gasteiger partial charge in [-0.3, -0.25) is 19.8 Å². The average molecular weight is 481 g/mol. The fourth-order valence-corrected chi connectivity index (χ4v) is 4.46. The molecule has 0 bridgehead atoms. The molecule has 0 unspecified atom stereocenters. The minimum Gasteiger partial charge on any atom is -0.290 e. The van der Waals surface area contributed by atoms with Crippen molar-refractivity contribution in [1.29, 1.82) is 0 Å². The maximum atomic E-state index is 12.7. The van der Waals surface area contributed by atoms with Gasteiger partial charge >= 0.3 is 0 Å². The molecule has 2 aromatic heterocycles. The smallest absolute Gasteiger partial charge is 0.263 e. The number of benzene rings is 2. The fourth-order valence-electron chi connectivity index (χ4n) is 2.88. The summed E-state index contributed by atoms with van der Waals surface area (Å²) in [6.45, 7) is 1.68. The molecule has 1 amide bonds. The summed E-state index contributed by atoms with van der Waals surface area (Å²) < 4.78 is 27.6. The summed E-state index contributed by atoms with van der Waals surface area (Å²) in [5, 5.41) is 2.74. The van der Waals surface area contributed by atoms with Crippen LogP contribution in [0.5, 0.6) is 0 Å². The average Bonchev–Trinajstić information content (AvgIpc) is 2.79. The van der Waals surface area contributed by atoms with Crippen molar-refractivity contribution in [2.45, 2.75) is 11.8 Å². The van der Waals surface area contributed by atoms with Gasteiger partial charge in [0.15, 0.2) is 5.82 Å². The number of sulfonamides is 1. The number of pyridine rings is 1. The van der Waals surface area contributed by atoms with Crippen LogP contribution < -0.4 is 10.0 Å². The molecule has 33 heavy (non-hydrogen) atoms. The first kappa shape index (κ1) is 22.3. The normalized spacial score (nSPS) is 11.1. The molecular formula is C22H17ClN6O3S. The Bertz CT molecular complexity index is 1410. The molecule has 2 N–H and O–H groups in total. The zero-order valence-corrected chi connectivity index (χ0v) is 18.8. The Morgan fingerprint density at radius 1 is 0.909 bits per heavy atom. The van der Waals surface area contributed by atoms with Crippen molar-refractivity contribution < 1.29 is 13.2 Å². The number of amides is 1. The summed E-state index contributed by atoms with van der Waals surface area (Å²) in [5.74, 6) is 0.373. The highest BCUT2D eigenvalue weighted by Gasteiger charge is 2.18. The Morgan fingerprint density at radius 2 is 1.64 bits per heavy atom. The molecule has 0 saturated heterocycles. The lowest BCUT2D eigenvalue weighted by Gasteiger charge is -2.10. The van der Waals surface area contributed by atoms with Crippen molar-refractivity contribution >= 4 is 39.2 Å². The van der Waals surface area contributed by atoms with Crippen LogP contribution in [0, 0.1) is 6.92 Å². The summed E-state index contributed by atoms with van der Waals surface area (Å²) in [6, 6.07) is 17.4. The van der Waals surface area contributed by atoms with E-state index in [1.807, 2.05) is 0 Å². The molecule has 9 nitrogen and oxygen atoms in total. The van der Waals surface area contributed by atoms with Gasteiger partial charge in [-0.25, -0.2) is 13.4 Å². The van der Waals surface area contributed by atoms with Gasteiger partial charge in [-0.1, -0.05) is 29.8 Å². The van der Waals surface area contributed by atoms with Gasteiger partial charge in [0.25, 0.3) is 15.9 Å². The van der Waals surface area contributed by atoms with E-state index < -0.39 is 15.9 Å². The van der Waals surface area contributed by atoms with E-state index >= 15 is 0 Å². The van der Waals surface area contributed by atoms with E-state index in [-0.39, 0.29) is 27.1 Å². The third-order valence-corrected chi connectivity index (χ3v) is 6.27. The number of hydrogen-bond acceptors (Lipinski definition) is 7. The molecule has 4 aromatic rings. The predicted molar refractivity (Wildman–Crippen MR) is 124 cm³/mol. The standard InChI is InChI=1S/C22H17ClN6O3S/c1-14-25-20(18-7-4-5-13-24-18)27-22(26-14)28-21(30)15-9-11-16(12-10-15)29-33(31,32)19-8-3-2-6-17(19)23/h2-13,29H,1H3,(H,25,26,27,28,30). The number of halogens is 1. The van der Waals surface area contributed by atoms with E-state index in [4.69, 9.17) is 11.6 Å². The van der Waals surface area contributed by atoms with E-state index in [2.05, 4.69) is 30.0 Å². The number of carbonyl (C=O) groups is 1. The van der Waals surface area contributed by atoms with Gasteiger partial charge in [-0.15, -0.1) is 0 Å². The highest BCUT2D eigenvalue weighted by Crippen LogP contribution is 2.23. The largest absolute Gasteiger partial charge is 0.290 e. The number of nitrogens with zero attached hydrogens (tertiary/aromatic N) is 4. The summed E-state index contributed by atoms with van der Waals surface area (Å²) in [5.41, 5.74) is 1.11. The van der Waals surface area contributed by atoms with Gasteiger partial charge in [0.2, 0.25) is 5.95 Å². The molecule has 166 valence electrons. The van der Waals surface area contributed by atoms with E-state index in [0.717, 1.165) is 0 Å². The van der Waals surface area contributed by atoms with Crippen LogP contribution in [0.25, 0.3) is 11.5 Å². The number of rotatable bonds is 6. The second-order valence-corrected chi connectivity index (χ2v) is 8.87. The molecule has 0 radical (unpaired) electrons. The van der Waals surface area contributed by atoms with E-state index in [0.29, 0.717) is 17.3 Å². The molecule has 0 atom stereocenters. The van der Waals surface area contributed by atoms with Crippen molar-refractivity contribution in [1.82, 2.24) is 19.9 Å². The molecule has 4 rings (SSSR count).